The minimum atomic E-state index is 0.297. The highest BCUT2D eigenvalue weighted by Crippen LogP contribution is 2.45. The molecule has 154 valence electrons. The number of hydrogen-bond donors (Lipinski definition) is 0. The molecule has 0 fully saturated rings. The van der Waals surface area contributed by atoms with E-state index in [1.165, 1.54) is 16.0 Å². The summed E-state index contributed by atoms with van der Waals surface area (Å²) < 4.78 is 5.55. The molecule has 0 N–H and O–H groups in total. The van der Waals surface area contributed by atoms with Crippen LogP contribution in [0.25, 0.3) is 0 Å². The molecule has 1 aromatic heterocycles. The fraction of sp³-hybridized carbons (Fsp3) is 0.520. The van der Waals surface area contributed by atoms with Crippen molar-refractivity contribution in [3.63, 3.8) is 0 Å². The van der Waals surface area contributed by atoms with Gasteiger partial charge >= 0.3 is 0 Å². The van der Waals surface area contributed by atoms with Gasteiger partial charge in [-0.1, -0.05) is 34.6 Å². The summed E-state index contributed by atoms with van der Waals surface area (Å²) in [7, 11) is 1.72. The Morgan fingerprint density at radius 3 is 2.62 bits per heavy atom. The van der Waals surface area contributed by atoms with Crippen molar-refractivity contribution >= 4 is 22.6 Å². The number of ether oxygens (including phenoxy) is 1. The summed E-state index contributed by atoms with van der Waals surface area (Å²) in [5, 5.41) is 10.6. The topological polar surface area (TPSA) is 45.4 Å². The normalized spacial score (nSPS) is 16.9. The number of nitrogens with zero attached hydrogens (tertiary/aromatic N) is 2. The van der Waals surface area contributed by atoms with Crippen molar-refractivity contribution in [3.8, 4) is 11.8 Å². The van der Waals surface area contributed by atoms with Gasteiger partial charge in [-0.05, 0) is 77.8 Å². The van der Waals surface area contributed by atoms with E-state index in [1.807, 2.05) is 6.21 Å². The molecule has 1 aliphatic rings. The van der Waals surface area contributed by atoms with Gasteiger partial charge in [-0.25, -0.2) is 4.99 Å². The first-order valence-corrected chi connectivity index (χ1v) is 11.2. The van der Waals surface area contributed by atoms with Crippen LogP contribution in [0.4, 0.5) is 5.00 Å². The zero-order valence-electron chi connectivity index (χ0n) is 18.7. The van der Waals surface area contributed by atoms with Gasteiger partial charge in [0, 0.05) is 11.1 Å². The van der Waals surface area contributed by atoms with E-state index in [2.05, 4.69) is 59.7 Å². The fourth-order valence-corrected chi connectivity index (χ4v) is 5.35. The number of methoxy groups -OCH3 is 1. The van der Waals surface area contributed by atoms with Crippen molar-refractivity contribution in [2.45, 2.75) is 66.7 Å². The van der Waals surface area contributed by atoms with E-state index < -0.39 is 0 Å². The summed E-state index contributed by atoms with van der Waals surface area (Å²) in [6, 6.07) is 6.68. The molecule has 1 heterocycles. The lowest BCUT2D eigenvalue weighted by molar-refractivity contribution is 0.218. The molecule has 0 aliphatic heterocycles. The highest BCUT2D eigenvalue weighted by atomic mass is 32.1. The number of aryl methyl sites for hydroxylation is 1. The van der Waals surface area contributed by atoms with Crippen LogP contribution in [0.15, 0.2) is 17.1 Å². The highest BCUT2D eigenvalue weighted by Gasteiger charge is 2.32. The lowest BCUT2D eigenvalue weighted by Crippen LogP contribution is -2.26. The molecule has 4 heteroatoms. The molecule has 0 radical (unpaired) electrons. The van der Waals surface area contributed by atoms with Crippen molar-refractivity contribution in [2.24, 2.45) is 16.3 Å². The first-order valence-electron chi connectivity index (χ1n) is 10.4. The SMILES string of the molecule is COc1cc(C)c(C=Nc2sc3c(c2C#N)CC[C@@H](C(C)(C)C)C3)cc1C(C)C. The summed E-state index contributed by atoms with van der Waals surface area (Å²) in [6.07, 6.45) is 5.12. The predicted molar refractivity (Wildman–Crippen MR) is 123 cm³/mol. The Hall–Kier alpha value is -2.12. The van der Waals surface area contributed by atoms with Crippen LogP contribution in [0, 0.1) is 29.6 Å². The van der Waals surface area contributed by atoms with Gasteiger partial charge in [0.1, 0.15) is 16.8 Å². The predicted octanol–water partition coefficient (Wildman–Crippen LogP) is 6.96. The number of benzene rings is 1. The Bertz CT molecular complexity index is 970. The molecule has 2 aromatic rings. The lowest BCUT2D eigenvalue weighted by Gasteiger charge is -2.33. The van der Waals surface area contributed by atoms with E-state index in [4.69, 9.17) is 9.73 Å². The summed E-state index contributed by atoms with van der Waals surface area (Å²) in [6.45, 7) is 13.4. The molecule has 0 unspecified atom stereocenters. The van der Waals surface area contributed by atoms with Crippen LogP contribution in [-0.4, -0.2) is 13.3 Å². The third kappa shape index (κ3) is 4.41. The summed E-state index contributed by atoms with van der Waals surface area (Å²) in [5.74, 6) is 1.96. The molecule has 1 aliphatic carbocycles. The minimum absolute atomic E-state index is 0.297. The van der Waals surface area contributed by atoms with Crippen LogP contribution < -0.4 is 4.74 Å². The number of aliphatic imine (C=N–C) groups is 1. The largest absolute Gasteiger partial charge is 0.496 e. The first kappa shape index (κ1) is 21.6. The van der Waals surface area contributed by atoms with E-state index in [-0.39, 0.29) is 0 Å². The van der Waals surface area contributed by atoms with Gasteiger partial charge in [-0.15, -0.1) is 11.3 Å². The van der Waals surface area contributed by atoms with Crippen LogP contribution >= 0.6 is 11.3 Å². The standard InChI is InChI=1S/C25H32N2OS/c1-15(2)20-11-17(16(3)10-22(20)28-7)14-27-24-21(13-26)19-9-8-18(25(4,5)6)12-23(19)29-24/h10-11,14-15,18H,8-9,12H2,1-7H3/t18-/m1/s1. The third-order valence-corrected chi connectivity index (χ3v) is 7.31. The van der Waals surface area contributed by atoms with E-state index in [1.54, 1.807) is 18.4 Å². The number of rotatable bonds is 4. The van der Waals surface area contributed by atoms with Crippen molar-refractivity contribution < 1.29 is 4.74 Å². The number of thiophene rings is 1. The maximum atomic E-state index is 9.79. The molecule has 0 saturated carbocycles. The zero-order chi connectivity index (χ0) is 21.3. The Labute approximate surface area is 179 Å². The monoisotopic (exact) mass is 408 g/mol. The van der Waals surface area contributed by atoms with Crippen molar-refractivity contribution in [1.29, 1.82) is 5.26 Å². The highest BCUT2D eigenvalue weighted by molar-refractivity contribution is 7.16. The van der Waals surface area contributed by atoms with E-state index in [0.29, 0.717) is 17.3 Å². The smallest absolute Gasteiger partial charge is 0.134 e. The minimum Gasteiger partial charge on any atom is -0.496 e. The number of fused-ring (bicyclic) bond motifs is 1. The Kier molecular flexibility index (Phi) is 6.19. The van der Waals surface area contributed by atoms with E-state index in [0.717, 1.165) is 46.7 Å². The van der Waals surface area contributed by atoms with E-state index >= 15 is 0 Å². The van der Waals surface area contributed by atoms with Crippen LogP contribution in [0.2, 0.25) is 0 Å². The second-order valence-electron chi connectivity index (χ2n) is 9.47. The third-order valence-electron chi connectivity index (χ3n) is 6.14. The molecule has 1 atom stereocenters. The van der Waals surface area contributed by atoms with Gasteiger partial charge in [0.15, 0.2) is 0 Å². The van der Waals surface area contributed by atoms with Gasteiger partial charge in [0.25, 0.3) is 0 Å². The fourth-order valence-electron chi connectivity index (χ4n) is 4.13. The Morgan fingerprint density at radius 2 is 2.03 bits per heavy atom. The van der Waals surface area contributed by atoms with Crippen molar-refractivity contribution in [1.82, 2.24) is 0 Å². The maximum absolute atomic E-state index is 9.79. The van der Waals surface area contributed by atoms with Crippen LogP contribution in [-0.2, 0) is 12.8 Å². The average Bonchev–Trinajstić information content (AvgIpc) is 3.02. The van der Waals surface area contributed by atoms with Crippen LogP contribution in [0.5, 0.6) is 5.75 Å². The Morgan fingerprint density at radius 1 is 1.31 bits per heavy atom. The molecular weight excluding hydrogens is 376 g/mol. The molecule has 0 amide bonds. The second-order valence-corrected chi connectivity index (χ2v) is 10.5. The summed E-state index contributed by atoms with van der Waals surface area (Å²) in [4.78, 5) is 6.14. The summed E-state index contributed by atoms with van der Waals surface area (Å²) in [5.41, 5.74) is 5.70. The first-order chi connectivity index (χ1) is 13.7. The van der Waals surface area contributed by atoms with Crippen molar-refractivity contribution in [3.05, 3.63) is 44.8 Å². The maximum Gasteiger partial charge on any atom is 0.134 e. The van der Waals surface area contributed by atoms with Gasteiger partial charge in [-0.2, -0.15) is 5.26 Å². The molecule has 29 heavy (non-hydrogen) atoms. The molecule has 3 rings (SSSR count). The molecule has 0 spiro atoms. The van der Waals surface area contributed by atoms with Crippen molar-refractivity contribution in [2.75, 3.05) is 7.11 Å². The van der Waals surface area contributed by atoms with E-state index in [9.17, 15) is 5.26 Å². The average molecular weight is 409 g/mol. The van der Waals surface area contributed by atoms with Gasteiger partial charge in [0.05, 0.1) is 12.7 Å². The van der Waals surface area contributed by atoms with Gasteiger partial charge in [-0.3, -0.25) is 0 Å². The lowest BCUT2D eigenvalue weighted by atomic mass is 9.72. The Balaban J connectivity index is 1.96. The molecule has 3 nitrogen and oxygen atoms in total. The molecule has 0 bridgehead atoms. The van der Waals surface area contributed by atoms with Crippen LogP contribution in [0.3, 0.4) is 0 Å². The van der Waals surface area contributed by atoms with Gasteiger partial charge in [0.2, 0.25) is 0 Å². The van der Waals surface area contributed by atoms with Crippen LogP contribution in [0.1, 0.15) is 79.7 Å². The summed E-state index contributed by atoms with van der Waals surface area (Å²) >= 11 is 1.70. The second kappa shape index (κ2) is 8.32. The number of nitriles is 1. The molecule has 0 saturated heterocycles. The molecule has 1 aromatic carbocycles. The zero-order valence-corrected chi connectivity index (χ0v) is 19.5. The number of hydrogen-bond acceptors (Lipinski definition) is 4. The van der Waals surface area contributed by atoms with Gasteiger partial charge < -0.3 is 4.74 Å². The molecular formula is C25H32N2OS. The quantitative estimate of drug-likeness (QED) is 0.513.